The summed E-state index contributed by atoms with van der Waals surface area (Å²) >= 11 is 0. The lowest BCUT2D eigenvalue weighted by molar-refractivity contribution is -0.129. The second-order valence-corrected chi connectivity index (χ2v) is 2.63. The number of benzene rings is 1. The van der Waals surface area contributed by atoms with Gasteiger partial charge in [-0.15, -0.1) is 0 Å². The van der Waals surface area contributed by atoms with Crippen LogP contribution in [0.1, 0.15) is 15.9 Å². The van der Waals surface area contributed by atoms with Crippen LogP contribution >= 0.6 is 0 Å². The van der Waals surface area contributed by atoms with Crippen molar-refractivity contribution in [3.05, 3.63) is 35.4 Å². The van der Waals surface area contributed by atoms with Crippen molar-refractivity contribution in [3.63, 3.8) is 0 Å². The van der Waals surface area contributed by atoms with Gasteiger partial charge in [-0.1, -0.05) is 29.4 Å². The highest BCUT2D eigenvalue weighted by Gasteiger charge is 2.16. The van der Waals surface area contributed by atoms with Crippen molar-refractivity contribution >= 4 is 18.0 Å². The van der Waals surface area contributed by atoms with Crippen LogP contribution in [0.25, 0.3) is 0 Å². The molecule has 0 aliphatic carbocycles. The molecule has 15 heavy (non-hydrogen) atoms. The first-order valence-corrected chi connectivity index (χ1v) is 4.09. The fraction of sp³-hybridized carbons (Fsp3) is 0.100. The number of carboxylic acid groups (broad SMARTS) is 1. The van der Waals surface area contributed by atoms with Crippen molar-refractivity contribution in [2.75, 3.05) is 7.11 Å². The lowest BCUT2D eigenvalue weighted by Crippen LogP contribution is -2.16. The van der Waals surface area contributed by atoms with E-state index in [4.69, 9.17) is 5.11 Å². The van der Waals surface area contributed by atoms with Gasteiger partial charge in [0.05, 0.1) is 0 Å². The molecular weight excluding hydrogens is 198 g/mol. The minimum absolute atomic E-state index is 0.238. The van der Waals surface area contributed by atoms with E-state index < -0.39 is 5.97 Å². The largest absolute Gasteiger partial charge is 0.476 e. The van der Waals surface area contributed by atoms with Gasteiger partial charge in [-0.25, -0.2) is 4.79 Å². The summed E-state index contributed by atoms with van der Waals surface area (Å²) in [4.78, 5) is 25.9. The van der Waals surface area contributed by atoms with Gasteiger partial charge >= 0.3 is 5.97 Å². The van der Waals surface area contributed by atoms with E-state index in [-0.39, 0.29) is 16.8 Å². The van der Waals surface area contributed by atoms with E-state index in [0.717, 1.165) is 0 Å². The SMILES string of the molecule is CO/N=C(\C(=O)O)c1ccccc1C=O. The highest BCUT2D eigenvalue weighted by molar-refractivity contribution is 6.43. The topological polar surface area (TPSA) is 76.0 Å². The van der Waals surface area contributed by atoms with Gasteiger partial charge in [-0.2, -0.15) is 0 Å². The molecule has 0 aliphatic heterocycles. The highest BCUT2D eigenvalue weighted by Crippen LogP contribution is 2.08. The zero-order valence-electron chi connectivity index (χ0n) is 8.01. The summed E-state index contributed by atoms with van der Waals surface area (Å²) in [5, 5.41) is 12.2. The summed E-state index contributed by atoms with van der Waals surface area (Å²) in [6, 6.07) is 6.27. The van der Waals surface area contributed by atoms with Crippen LogP contribution < -0.4 is 0 Å². The molecule has 0 bridgehead atoms. The molecule has 1 N–H and O–H groups in total. The van der Waals surface area contributed by atoms with Gasteiger partial charge in [0.1, 0.15) is 7.11 Å². The molecule has 0 atom stereocenters. The standard InChI is InChI=1S/C10H9NO4/c1-15-11-9(10(13)14)8-5-3-2-4-7(8)6-12/h2-6H,1H3,(H,13,14)/b11-9-. The number of nitrogens with zero attached hydrogens (tertiary/aromatic N) is 1. The minimum atomic E-state index is -1.24. The summed E-state index contributed by atoms with van der Waals surface area (Å²) < 4.78 is 0. The Morgan fingerprint density at radius 1 is 1.47 bits per heavy atom. The van der Waals surface area contributed by atoms with Crippen LogP contribution in [0.3, 0.4) is 0 Å². The monoisotopic (exact) mass is 207 g/mol. The molecule has 0 aliphatic rings. The Bertz CT molecular complexity index is 412. The van der Waals surface area contributed by atoms with Crippen molar-refractivity contribution in [1.29, 1.82) is 0 Å². The number of hydrogen-bond donors (Lipinski definition) is 1. The quantitative estimate of drug-likeness (QED) is 0.452. The van der Waals surface area contributed by atoms with E-state index in [1.54, 1.807) is 12.1 Å². The highest BCUT2D eigenvalue weighted by atomic mass is 16.6. The number of carbonyl (C=O) groups is 2. The van der Waals surface area contributed by atoms with Crippen LogP contribution in [0.15, 0.2) is 29.4 Å². The molecule has 78 valence electrons. The number of oxime groups is 1. The van der Waals surface area contributed by atoms with Gasteiger partial charge in [0.2, 0.25) is 0 Å². The number of carbonyl (C=O) groups excluding carboxylic acids is 1. The van der Waals surface area contributed by atoms with Crippen molar-refractivity contribution in [1.82, 2.24) is 0 Å². The van der Waals surface area contributed by atoms with Gasteiger partial charge < -0.3 is 9.94 Å². The Morgan fingerprint density at radius 2 is 2.13 bits per heavy atom. The summed E-state index contributed by atoms with van der Waals surface area (Å²) in [6.07, 6.45) is 0.573. The van der Waals surface area contributed by atoms with E-state index in [9.17, 15) is 9.59 Å². The van der Waals surface area contributed by atoms with Gasteiger partial charge in [-0.05, 0) is 0 Å². The third-order valence-electron chi connectivity index (χ3n) is 1.73. The van der Waals surface area contributed by atoms with Crippen LogP contribution in [0.5, 0.6) is 0 Å². The number of rotatable bonds is 4. The molecule has 0 unspecified atom stereocenters. The summed E-state index contributed by atoms with van der Waals surface area (Å²) in [7, 11) is 1.24. The fourth-order valence-corrected chi connectivity index (χ4v) is 1.11. The molecule has 0 saturated carbocycles. The maximum atomic E-state index is 10.8. The van der Waals surface area contributed by atoms with E-state index in [2.05, 4.69) is 9.99 Å². The first-order chi connectivity index (χ1) is 7.20. The Morgan fingerprint density at radius 3 is 2.67 bits per heavy atom. The Kier molecular flexibility index (Phi) is 3.56. The maximum Gasteiger partial charge on any atom is 0.358 e. The summed E-state index contributed by atoms with van der Waals surface area (Å²) in [5.74, 6) is -1.24. The average Bonchev–Trinajstić information content (AvgIpc) is 2.25. The Labute approximate surface area is 86.0 Å². The predicted octanol–water partition coefficient (Wildman–Crippen LogP) is 0.934. The second-order valence-electron chi connectivity index (χ2n) is 2.63. The predicted molar refractivity (Wildman–Crippen MR) is 53.0 cm³/mol. The molecule has 0 fully saturated rings. The van der Waals surface area contributed by atoms with Crippen molar-refractivity contribution in [2.45, 2.75) is 0 Å². The maximum absolute atomic E-state index is 10.8. The van der Waals surface area contributed by atoms with Gasteiger partial charge in [0.15, 0.2) is 12.0 Å². The Hall–Kier alpha value is -2.17. The van der Waals surface area contributed by atoms with Crippen LogP contribution in [-0.2, 0) is 9.63 Å². The van der Waals surface area contributed by atoms with Crippen molar-refractivity contribution in [3.8, 4) is 0 Å². The molecule has 1 aromatic rings. The van der Waals surface area contributed by atoms with Crippen LogP contribution in [-0.4, -0.2) is 30.2 Å². The molecule has 0 spiro atoms. The molecule has 0 amide bonds. The molecular formula is C10H9NO4. The molecule has 0 saturated heterocycles. The van der Waals surface area contributed by atoms with Gasteiger partial charge in [0.25, 0.3) is 0 Å². The summed E-state index contributed by atoms with van der Waals surface area (Å²) in [6.45, 7) is 0. The number of aliphatic carboxylic acids is 1. The van der Waals surface area contributed by atoms with E-state index in [1.807, 2.05) is 0 Å². The molecule has 1 aromatic carbocycles. The molecule has 5 heteroatoms. The fourth-order valence-electron chi connectivity index (χ4n) is 1.11. The molecule has 0 radical (unpaired) electrons. The molecule has 1 rings (SSSR count). The number of hydrogen-bond acceptors (Lipinski definition) is 4. The van der Waals surface area contributed by atoms with Crippen LogP contribution in [0.4, 0.5) is 0 Å². The Balaban J connectivity index is 3.28. The zero-order valence-corrected chi connectivity index (χ0v) is 8.01. The lowest BCUT2D eigenvalue weighted by atomic mass is 10.0. The number of carboxylic acids is 1. The first-order valence-electron chi connectivity index (χ1n) is 4.09. The molecule has 0 heterocycles. The zero-order chi connectivity index (χ0) is 11.3. The van der Waals surface area contributed by atoms with Gasteiger partial charge in [0, 0.05) is 11.1 Å². The van der Waals surface area contributed by atoms with Crippen molar-refractivity contribution in [2.24, 2.45) is 5.16 Å². The first kappa shape index (κ1) is 10.9. The summed E-state index contributed by atoms with van der Waals surface area (Å²) in [5.41, 5.74) is 0.206. The van der Waals surface area contributed by atoms with Crippen molar-refractivity contribution < 1.29 is 19.5 Å². The third kappa shape index (κ3) is 2.40. The molecule has 0 aromatic heterocycles. The number of aldehydes is 1. The second kappa shape index (κ2) is 4.90. The normalized spacial score (nSPS) is 10.9. The van der Waals surface area contributed by atoms with Crippen LogP contribution in [0.2, 0.25) is 0 Å². The average molecular weight is 207 g/mol. The van der Waals surface area contributed by atoms with E-state index >= 15 is 0 Å². The lowest BCUT2D eigenvalue weighted by Gasteiger charge is -2.02. The third-order valence-corrected chi connectivity index (χ3v) is 1.73. The van der Waals surface area contributed by atoms with Gasteiger partial charge in [-0.3, -0.25) is 4.79 Å². The van der Waals surface area contributed by atoms with Crippen LogP contribution in [0, 0.1) is 0 Å². The van der Waals surface area contributed by atoms with E-state index in [1.165, 1.54) is 19.2 Å². The van der Waals surface area contributed by atoms with E-state index in [0.29, 0.717) is 6.29 Å². The molecule has 5 nitrogen and oxygen atoms in total. The smallest absolute Gasteiger partial charge is 0.358 e. The minimum Gasteiger partial charge on any atom is -0.476 e.